The number of ether oxygens (including phenoxy) is 4. The average molecular weight is 517 g/mol. The summed E-state index contributed by atoms with van der Waals surface area (Å²) in [5.74, 6) is 1.97. The van der Waals surface area contributed by atoms with Crippen LogP contribution in [0.4, 0.5) is 0 Å². The lowest BCUT2D eigenvalue weighted by Gasteiger charge is -2.47. The Morgan fingerprint density at radius 3 is 2.08 bits per heavy atom. The standard InChI is InChI=1S/C30H32N2O6/c1-35-23-13-6-9-19(27(23)33)17-31-26-21-11-8-15-25(37-3)29(21)38-30(16-5-4-12-22(26)30)32-18-20-10-7-14-24(36-2)28(20)34/h6-11,13-15,17-18,22,26,33-34H,4-5,12,16H2,1-3H3/b31-17?,32-18+. The van der Waals surface area contributed by atoms with E-state index in [9.17, 15) is 10.2 Å². The second kappa shape index (κ2) is 10.7. The molecule has 2 aliphatic rings. The number of phenols is 2. The number of para-hydroxylation sites is 3. The van der Waals surface area contributed by atoms with Crippen molar-refractivity contribution in [2.45, 2.75) is 37.5 Å². The average Bonchev–Trinajstić information content (AvgIpc) is 2.95. The van der Waals surface area contributed by atoms with Gasteiger partial charge in [-0.05, 0) is 43.2 Å². The normalized spacial score (nSPS) is 22.5. The molecule has 1 saturated carbocycles. The fourth-order valence-corrected chi connectivity index (χ4v) is 5.44. The number of methoxy groups -OCH3 is 3. The minimum atomic E-state index is -0.909. The molecule has 3 aromatic rings. The Labute approximate surface area is 222 Å². The van der Waals surface area contributed by atoms with Gasteiger partial charge in [-0.3, -0.25) is 4.99 Å². The molecule has 8 nitrogen and oxygen atoms in total. The maximum Gasteiger partial charge on any atom is 0.205 e. The van der Waals surface area contributed by atoms with Crippen molar-refractivity contribution in [3.05, 3.63) is 71.3 Å². The summed E-state index contributed by atoms with van der Waals surface area (Å²) in [5, 5.41) is 21.3. The van der Waals surface area contributed by atoms with Crippen molar-refractivity contribution in [2.75, 3.05) is 21.3 Å². The van der Waals surface area contributed by atoms with Gasteiger partial charge in [0.15, 0.2) is 34.5 Å². The van der Waals surface area contributed by atoms with Gasteiger partial charge in [0.1, 0.15) is 0 Å². The summed E-state index contributed by atoms with van der Waals surface area (Å²) in [6.07, 6.45) is 6.84. The smallest absolute Gasteiger partial charge is 0.205 e. The lowest BCUT2D eigenvalue weighted by atomic mass is 9.73. The van der Waals surface area contributed by atoms with Crippen molar-refractivity contribution >= 4 is 12.4 Å². The van der Waals surface area contributed by atoms with Crippen molar-refractivity contribution in [1.29, 1.82) is 0 Å². The highest BCUT2D eigenvalue weighted by molar-refractivity contribution is 5.86. The number of phenolic OH excluding ortho intramolecular Hbond substituents is 2. The van der Waals surface area contributed by atoms with Gasteiger partial charge in [-0.25, -0.2) is 4.99 Å². The number of hydrogen-bond donors (Lipinski definition) is 2. The third-order valence-corrected chi connectivity index (χ3v) is 7.38. The topological polar surface area (TPSA) is 102 Å². The van der Waals surface area contributed by atoms with Crippen LogP contribution in [0, 0.1) is 5.92 Å². The van der Waals surface area contributed by atoms with Crippen LogP contribution in [0.15, 0.2) is 64.6 Å². The molecule has 1 heterocycles. The van der Waals surface area contributed by atoms with Gasteiger partial charge in [0.25, 0.3) is 0 Å². The van der Waals surface area contributed by atoms with Gasteiger partial charge < -0.3 is 29.2 Å². The molecule has 0 radical (unpaired) electrons. The fraction of sp³-hybridized carbons (Fsp3) is 0.333. The van der Waals surface area contributed by atoms with Crippen molar-refractivity contribution in [1.82, 2.24) is 0 Å². The summed E-state index contributed by atoms with van der Waals surface area (Å²) < 4.78 is 22.9. The number of benzene rings is 3. The predicted octanol–water partition coefficient (Wildman–Crippen LogP) is 5.68. The van der Waals surface area contributed by atoms with Gasteiger partial charge >= 0.3 is 0 Å². The molecule has 2 N–H and O–H groups in total. The lowest BCUT2D eigenvalue weighted by Crippen LogP contribution is -2.49. The van der Waals surface area contributed by atoms with Crippen LogP contribution in [0.2, 0.25) is 0 Å². The van der Waals surface area contributed by atoms with Gasteiger partial charge in [0, 0.05) is 41.5 Å². The molecule has 0 aromatic heterocycles. The highest BCUT2D eigenvalue weighted by Crippen LogP contribution is 2.55. The van der Waals surface area contributed by atoms with E-state index in [0.717, 1.165) is 24.8 Å². The molecule has 1 aliphatic heterocycles. The van der Waals surface area contributed by atoms with E-state index in [1.807, 2.05) is 30.3 Å². The number of rotatable bonds is 7. The van der Waals surface area contributed by atoms with Crippen LogP contribution in [0.1, 0.15) is 48.4 Å². The second-order valence-electron chi connectivity index (χ2n) is 9.46. The molecule has 0 bridgehead atoms. The molecule has 3 unspecified atom stereocenters. The summed E-state index contributed by atoms with van der Waals surface area (Å²) in [7, 11) is 4.65. The quantitative estimate of drug-likeness (QED) is 0.392. The van der Waals surface area contributed by atoms with Crippen LogP contribution < -0.4 is 18.9 Å². The largest absolute Gasteiger partial charge is 0.504 e. The Hall–Kier alpha value is -4.20. The molecule has 3 atom stereocenters. The molecular formula is C30H32N2O6. The van der Waals surface area contributed by atoms with Crippen LogP contribution >= 0.6 is 0 Å². The molecule has 8 heteroatoms. The van der Waals surface area contributed by atoms with Gasteiger partial charge in [-0.1, -0.05) is 30.7 Å². The maximum absolute atomic E-state index is 10.6. The Morgan fingerprint density at radius 2 is 1.42 bits per heavy atom. The van der Waals surface area contributed by atoms with E-state index in [1.54, 1.807) is 43.8 Å². The first-order valence-electron chi connectivity index (χ1n) is 12.7. The number of nitrogens with zero attached hydrogens (tertiary/aromatic N) is 2. The second-order valence-corrected chi connectivity index (χ2v) is 9.46. The highest BCUT2D eigenvalue weighted by Gasteiger charge is 2.51. The van der Waals surface area contributed by atoms with Crippen LogP contribution in [-0.4, -0.2) is 49.7 Å². The Bertz CT molecular complexity index is 1370. The summed E-state index contributed by atoms with van der Waals surface area (Å²) in [4.78, 5) is 10.0. The van der Waals surface area contributed by atoms with Gasteiger partial charge in [0.2, 0.25) is 5.72 Å². The van der Waals surface area contributed by atoms with E-state index in [4.69, 9.17) is 28.9 Å². The zero-order valence-corrected chi connectivity index (χ0v) is 21.8. The van der Waals surface area contributed by atoms with Crippen molar-refractivity contribution in [3.8, 4) is 34.5 Å². The zero-order chi connectivity index (χ0) is 26.7. The first-order valence-corrected chi connectivity index (χ1v) is 12.7. The van der Waals surface area contributed by atoms with E-state index in [0.29, 0.717) is 40.5 Å². The minimum absolute atomic E-state index is 0.0272. The highest BCUT2D eigenvalue weighted by atomic mass is 16.5. The van der Waals surface area contributed by atoms with Crippen LogP contribution in [0.5, 0.6) is 34.5 Å². The van der Waals surface area contributed by atoms with Crippen LogP contribution in [0.3, 0.4) is 0 Å². The molecule has 0 spiro atoms. The van der Waals surface area contributed by atoms with Gasteiger partial charge in [-0.15, -0.1) is 0 Å². The molecular weight excluding hydrogens is 484 g/mol. The van der Waals surface area contributed by atoms with Gasteiger partial charge in [0.05, 0.1) is 27.4 Å². The number of fused-ring (bicyclic) bond motifs is 2. The van der Waals surface area contributed by atoms with E-state index in [-0.39, 0.29) is 23.5 Å². The number of aromatic hydroxyl groups is 2. The minimum Gasteiger partial charge on any atom is -0.504 e. The third kappa shape index (κ3) is 4.51. The third-order valence-electron chi connectivity index (χ3n) is 7.38. The van der Waals surface area contributed by atoms with Gasteiger partial charge in [-0.2, -0.15) is 0 Å². The first-order chi connectivity index (χ1) is 18.5. The van der Waals surface area contributed by atoms with E-state index < -0.39 is 5.72 Å². The van der Waals surface area contributed by atoms with Crippen LogP contribution in [-0.2, 0) is 0 Å². The Kier molecular flexibility index (Phi) is 7.13. The van der Waals surface area contributed by atoms with E-state index in [2.05, 4.69) is 0 Å². The summed E-state index contributed by atoms with van der Waals surface area (Å²) in [6.45, 7) is 0. The molecule has 3 aromatic carbocycles. The monoisotopic (exact) mass is 516 g/mol. The van der Waals surface area contributed by atoms with Crippen LogP contribution in [0.25, 0.3) is 0 Å². The van der Waals surface area contributed by atoms with Crippen molar-refractivity contribution in [3.63, 3.8) is 0 Å². The Balaban J connectivity index is 1.61. The van der Waals surface area contributed by atoms with Crippen molar-refractivity contribution < 1.29 is 29.2 Å². The molecule has 1 fully saturated rings. The lowest BCUT2D eigenvalue weighted by molar-refractivity contribution is -0.0443. The van der Waals surface area contributed by atoms with E-state index >= 15 is 0 Å². The first kappa shape index (κ1) is 25.4. The summed E-state index contributed by atoms with van der Waals surface area (Å²) in [6, 6.07) is 16.1. The fourth-order valence-electron chi connectivity index (χ4n) is 5.44. The molecule has 0 saturated heterocycles. The zero-order valence-electron chi connectivity index (χ0n) is 21.8. The molecule has 198 valence electrons. The number of aliphatic imine (C=N–C) groups is 2. The SMILES string of the molecule is COc1cccc(C=NC2c3cccc(OC)c3OC3(/N=C/c4cccc(OC)c4O)CCCCC23)c1O. The molecule has 1 aliphatic carbocycles. The summed E-state index contributed by atoms with van der Waals surface area (Å²) >= 11 is 0. The predicted molar refractivity (Wildman–Crippen MR) is 146 cm³/mol. The maximum atomic E-state index is 10.6. The van der Waals surface area contributed by atoms with Crippen molar-refractivity contribution in [2.24, 2.45) is 15.9 Å². The molecule has 0 amide bonds. The molecule has 5 rings (SSSR count). The number of hydrogen-bond acceptors (Lipinski definition) is 8. The Morgan fingerprint density at radius 1 is 0.816 bits per heavy atom. The van der Waals surface area contributed by atoms with E-state index in [1.165, 1.54) is 14.2 Å². The molecule has 38 heavy (non-hydrogen) atoms. The summed E-state index contributed by atoms with van der Waals surface area (Å²) in [5.41, 5.74) is 1.10.